The molecule has 0 spiro atoms. The number of halogens is 3. The molecule has 2 aliphatic heterocycles. The molecule has 1 aromatic heterocycles. The second kappa shape index (κ2) is 9.05. The maximum Gasteiger partial charge on any atom is 0.437 e. The van der Waals surface area contributed by atoms with Crippen LogP contribution >= 0.6 is 0 Å². The van der Waals surface area contributed by atoms with E-state index in [1.165, 1.54) is 0 Å². The number of rotatable bonds is 5. The number of carbonyl (C=O) groups excluding carboxylic acids is 2. The van der Waals surface area contributed by atoms with Crippen molar-refractivity contribution in [2.45, 2.75) is 38.8 Å². The molecule has 0 aliphatic carbocycles. The van der Waals surface area contributed by atoms with E-state index in [-0.39, 0.29) is 24.9 Å². The van der Waals surface area contributed by atoms with Gasteiger partial charge in [-0.25, -0.2) is 0 Å². The summed E-state index contributed by atoms with van der Waals surface area (Å²) < 4.78 is 46.1. The van der Waals surface area contributed by atoms with Crippen LogP contribution in [0.3, 0.4) is 0 Å². The molecule has 0 radical (unpaired) electrons. The summed E-state index contributed by atoms with van der Waals surface area (Å²) in [6.07, 6.45) is -2.25. The predicted octanol–water partition coefficient (Wildman–Crippen LogP) is 3.42. The minimum atomic E-state index is -4.84. The Bertz CT molecular complexity index is 1050. The van der Waals surface area contributed by atoms with Gasteiger partial charge < -0.3 is 25.3 Å². The maximum atomic E-state index is 13.6. The van der Waals surface area contributed by atoms with Gasteiger partial charge >= 0.3 is 6.18 Å². The summed E-state index contributed by atoms with van der Waals surface area (Å²) in [5.41, 5.74) is 5.95. The molecule has 3 heterocycles. The molecule has 4 rings (SSSR count). The van der Waals surface area contributed by atoms with E-state index < -0.39 is 23.5 Å². The first kappa shape index (κ1) is 23.1. The van der Waals surface area contributed by atoms with E-state index in [2.05, 4.69) is 10.3 Å². The van der Waals surface area contributed by atoms with E-state index >= 15 is 0 Å². The summed E-state index contributed by atoms with van der Waals surface area (Å²) in [7, 11) is 0. The average molecular weight is 465 g/mol. The van der Waals surface area contributed by atoms with E-state index in [9.17, 15) is 22.8 Å². The van der Waals surface area contributed by atoms with Gasteiger partial charge in [0.1, 0.15) is 0 Å². The van der Waals surface area contributed by atoms with Gasteiger partial charge in [-0.2, -0.15) is 18.2 Å². The van der Waals surface area contributed by atoms with Gasteiger partial charge in [0, 0.05) is 44.0 Å². The highest BCUT2D eigenvalue weighted by Gasteiger charge is 2.42. The molecule has 3 N–H and O–H groups in total. The fraction of sp³-hybridized carbons (Fsp3) is 0.500. The third-order valence-corrected chi connectivity index (χ3v) is 5.91. The quantitative estimate of drug-likeness (QED) is 0.701. The number of piperidine rings is 1. The molecular formula is C22H26F3N5O3. The van der Waals surface area contributed by atoms with Crippen LogP contribution in [0.4, 0.5) is 30.6 Å². The van der Waals surface area contributed by atoms with Gasteiger partial charge in [-0.3, -0.25) is 9.59 Å². The number of aromatic nitrogens is 1. The third kappa shape index (κ3) is 4.82. The zero-order valence-corrected chi connectivity index (χ0v) is 18.2. The molecule has 2 aromatic rings. The Morgan fingerprint density at radius 3 is 2.79 bits per heavy atom. The van der Waals surface area contributed by atoms with Crippen LogP contribution in [-0.4, -0.2) is 43.0 Å². The Kier molecular flexibility index (Phi) is 6.33. The molecule has 1 aromatic carbocycles. The second-order valence-corrected chi connectivity index (χ2v) is 8.50. The topological polar surface area (TPSA) is 105 Å². The molecule has 0 saturated carbocycles. The van der Waals surface area contributed by atoms with E-state index in [0.29, 0.717) is 43.3 Å². The molecule has 1 atom stereocenters. The average Bonchev–Trinajstić information content (AvgIpc) is 3.38. The van der Waals surface area contributed by atoms with Crippen LogP contribution in [0.5, 0.6) is 0 Å². The number of hydrogen-bond donors (Lipinski definition) is 2. The van der Waals surface area contributed by atoms with Crippen molar-refractivity contribution in [1.29, 1.82) is 0 Å². The molecule has 33 heavy (non-hydrogen) atoms. The third-order valence-electron chi connectivity index (χ3n) is 5.91. The first-order chi connectivity index (χ1) is 15.7. The van der Waals surface area contributed by atoms with Gasteiger partial charge in [-0.15, -0.1) is 0 Å². The van der Waals surface area contributed by atoms with E-state index in [1.54, 1.807) is 28.0 Å². The number of amides is 2. The summed E-state index contributed by atoms with van der Waals surface area (Å²) in [5, 5.41) is 2.48. The Morgan fingerprint density at radius 2 is 2.09 bits per heavy atom. The molecular weight excluding hydrogens is 439 g/mol. The first-order valence-electron chi connectivity index (χ1n) is 10.9. The molecule has 0 bridgehead atoms. The molecule has 1 unspecified atom stereocenters. The van der Waals surface area contributed by atoms with Crippen molar-refractivity contribution in [3.63, 3.8) is 0 Å². The van der Waals surface area contributed by atoms with Crippen LogP contribution < -0.4 is 20.9 Å². The predicted molar refractivity (Wildman–Crippen MR) is 116 cm³/mol. The standard InChI is InChI=1S/C22H26F3N5O3/c1-13-3-2-9-29(12-13)21-28-19(22(23,24)25)18(33-21)20(32)27-15-4-5-16-14(11-15)7-10-30(16)17(31)6-8-26/h4-5,11,13H,2-3,6-10,12,26H2,1H3,(H,27,32). The number of fused-ring (bicyclic) bond motifs is 1. The summed E-state index contributed by atoms with van der Waals surface area (Å²) in [4.78, 5) is 31.8. The highest BCUT2D eigenvalue weighted by Crippen LogP contribution is 2.36. The summed E-state index contributed by atoms with van der Waals surface area (Å²) in [5.74, 6) is -1.69. The van der Waals surface area contributed by atoms with Gasteiger partial charge in [0.2, 0.25) is 11.7 Å². The summed E-state index contributed by atoms with van der Waals surface area (Å²) >= 11 is 0. The van der Waals surface area contributed by atoms with Crippen LogP contribution in [0.25, 0.3) is 0 Å². The number of hydrogen-bond acceptors (Lipinski definition) is 6. The van der Waals surface area contributed by atoms with Crippen LogP contribution in [0.15, 0.2) is 22.6 Å². The molecule has 1 saturated heterocycles. The minimum absolute atomic E-state index is 0.0934. The van der Waals surface area contributed by atoms with Gasteiger partial charge in [0.05, 0.1) is 0 Å². The Labute approximate surface area is 188 Å². The Morgan fingerprint density at radius 1 is 1.30 bits per heavy atom. The number of nitrogens with one attached hydrogen (secondary N) is 1. The van der Waals surface area contributed by atoms with Gasteiger partial charge in [0.15, 0.2) is 5.69 Å². The smallest absolute Gasteiger partial charge is 0.417 e. The van der Waals surface area contributed by atoms with Crippen LogP contribution in [0.1, 0.15) is 48.0 Å². The fourth-order valence-electron chi connectivity index (χ4n) is 4.34. The highest BCUT2D eigenvalue weighted by atomic mass is 19.4. The van der Waals surface area contributed by atoms with Crippen molar-refractivity contribution in [3.05, 3.63) is 35.2 Å². The lowest BCUT2D eigenvalue weighted by Crippen LogP contribution is -2.34. The van der Waals surface area contributed by atoms with Crippen molar-refractivity contribution in [1.82, 2.24) is 4.98 Å². The molecule has 1 fully saturated rings. The Hall–Kier alpha value is -3.08. The number of carbonyl (C=O) groups is 2. The summed E-state index contributed by atoms with van der Waals surface area (Å²) in [6, 6.07) is 4.67. The van der Waals surface area contributed by atoms with Crippen LogP contribution in [-0.2, 0) is 17.4 Å². The normalized spacial score (nSPS) is 18.4. The molecule has 2 aliphatic rings. The zero-order valence-electron chi connectivity index (χ0n) is 18.2. The lowest BCUT2D eigenvalue weighted by Gasteiger charge is -2.29. The number of nitrogens with zero attached hydrogens (tertiary/aromatic N) is 3. The van der Waals surface area contributed by atoms with E-state index in [0.717, 1.165) is 18.4 Å². The number of benzene rings is 1. The van der Waals surface area contributed by atoms with E-state index in [1.807, 2.05) is 6.92 Å². The summed E-state index contributed by atoms with van der Waals surface area (Å²) in [6.45, 7) is 3.78. The highest BCUT2D eigenvalue weighted by molar-refractivity contribution is 6.04. The second-order valence-electron chi connectivity index (χ2n) is 8.50. The number of alkyl halides is 3. The van der Waals surface area contributed by atoms with Crippen molar-refractivity contribution in [2.75, 3.05) is 41.3 Å². The van der Waals surface area contributed by atoms with Crippen molar-refractivity contribution in [2.24, 2.45) is 11.7 Å². The number of nitrogens with two attached hydrogens (primary N) is 1. The molecule has 11 heteroatoms. The maximum absolute atomic E-state index is 13.6. The molecule has 178 valence electrons. The Balaban J connectivity index is 1.55. The number of oxazole rings is 1. The van der Waals surface area contributed by atoms with Gasteiger partial charge in [-0.05, 0) is 48.9 Å². The van der Waals surface area contributed by atoms with Crippen molar-refractivity contribution >= 4 is 29.2 Å². The van der Waals surface area contributed by atoms with Crippen LogP contribution in [0.2, 0.25) is 0 Å². The minimum Gasteiger partial charge on any atom is -0.417 e. The number of anilines is 3. The monoisotopic (exact) mass is 465 g/mol. The fourth-order valence-corrected chi connectivity index (χ4v) is 4.34. The SMILES string of the molecule is CC1CCCN(c2nc(C(F)(F)F)c(C(=O)Nc3ccc4c(c3)CCN4C(=O)CCN)o2)C1. The lowest BCUT2D eigenvalue weighted by atomic mass is 10.0. The molecule has 8 nitrogen and oxygen atoms in total. The van der Waals surface area contributed by atoms with Gasteiger partial charge in [0.25, 0.3) is 11.9 Å². The van der Waals surface area contributed by atoms with E-state index in [4.69, 9.17) is 10.2 Å². The molecule has 2 amide bonds. The lowest BCUT2D eigenvalue weighted by molar-refractivity contribution is -0.141. The first-order valence-corrected chi connectivity index (χ1v) is 10.9. The van der Waals surface area contributed by atoms with Crippen LogP contribution in [0, 0.1) is 5.92 Å². The zero-order chi connectivity index (χ0) is 23.8. The largest absolute Gasteiger partial charge is 0.437 e. The van der Waals surface area contributed by atoms with Crippen molar-refractivity contribution in [3.8, 4) is 0 Å². The van der Waals surface area contributed by atoms with Crippen molar-refractivity contribution < 1.29 is 27.2 Å². The van der Waals surface area contributed by atoms with Gasteiger partial charge in [-0.1, -0.05) is 6.92 Å².